The van der Waals surface area contributed by atoms with Gasteiger partial charge in [-0.05, 0) is 36.8 Å². The molecule has 1 aromatic rings. The molecule has 2 aliphatic rings. The molecule has 2 fully saturated rings. The fourth-order valence-corrected chi connectivity index (χ4v) is 4.87. The lowest BCUT2D eigenvalue weighted by atomic mass is 9.85. The van der Waals surface area contributed by atoms with Gasteiger partial charge < -0.3 is 25.2 Å². The molecule has 9 heteroatoms. The summed E-state index contributed by atoms with van der Waals surface area (Å²) in [6.07, 6.45) is 0.745. The number of rotatable bonds is 6. The third kappa shape index (κ3) is 5.54. The predicted octanol–water partition coefficient (Wildman–Crippen LogP) is 3.08. The van der Waals surface area contributed by atoms with E-state index in [-0.39, 0.29) is 42.2 Å². The number of amides is 4. The molecule has 194 valence electrons. The fraction of sp³-hybridized carbons (Fsp3) is 0.654. The second-order valence-electron chi connectivity index (χ2n) is 10.8. The van der Waals surface area contributed by atoms with Crippen LogP contribution >= 0.6 is 0 Å². The molecule has 2 heterocycles. The Kier molecular flexibility index (Phi) is 7.97. The van der Waals surface area contributed by atoms with E-state index in [1.54, 1.807) is 35.9 Å². The Morgan fingerprint density at radius 2 is 1.91 bits per heavy atom. The number of aryl methyl sites for hydroxylation is 1. The van der Waals surface area contributed by atoms with E-state index in [1.807, 2.05) is 34.6 Å². The van der Waals surface area contributed by atoms with Gasteiger partial charge >= 0.3 is 6.03 Å². The van der Waals surface area contributed by atoms with Gasteiger partial charge in [0.1, 0.15) is 23.7 Å². The van der Waals surface area contributed by atoms with Gasteiger partial charge in [-0.15, -0.1) is 0 Å². The van der Waals surface area contributed by atoms with E-state index in [2.05, 4.69) is 10.6 Å². The van der Waals surface area contributed by atoms with Crippen LogP contribution in [0.5, 0.6) is 5.75 Å². The standard InChI is InChI=1S/C26H39FN4O4/c1-8-15(2)23(32)29-22(26(4,5)6)24(33)30-12-11-19-21(30)20(14-31(19)25(34)28-7)35-17-10-9-16(3)18(27)13-17/h9-10,13,15,19-22H,8,11-12,14H2,1-7H3,(H,28,34)(H,29,32)/t15-,19-,20+,21+,22-/m1/s1. The van der Waals surface area contributed by atoms with Crippen LogP contribution in [0.1, 0.15) is 53.0 Å². The molecule has 3 rings (SSSR count). The second-order valence-corrected chi connectivity index (χ2v) is 10.8. The molecule has 2 saturated heterocycles. The molecule has 8 nitrogen and oxygen atoms in total. The summed E-state index contributed by atoms with van der Waals surface area (Å²) in [5, 5.41) is 5.64. The van der Waals surface area contributed by atoms with Crippen molar-refractivity contribution in [2.75, 3.05) is 20.1 Å². The minimum absolute atomic E-state index is 0.155. The van der Waals surface area contributed by atoms with Crippen LogP contribution in [0.15, 0.2) is 18.2 Å². The highest BCUT2D eigenvalue weighted by molar-refractivity contribution is 5.89. The highest BCUT2D eigenvalue weighted by Crippen LogP contribution is 2.36. The van der Waals surface area contributed by atoms with E-state index in [1.165, 1.54) is 6.07 Å². The van der Waals surface area contributed by atoms with Gasteiger partial charge in [-0.2, -0.15) is 0 Å². The van der Waals surface area contributed by atoms with Gasteiger partial charge in [0, 0.05) is 25.6 Å². The Bertz CT molecular complexity index is 963. The van der Waals surface area contributed by atoms with Crippen molar-refractivity contribution < 1.29 is 23.5 Å². The zero-order valence-electron chi connectivity index (χ0n) is 21.9. The highest BCUT2D eigenvalue weighted by Gasteiger charge is 2.54. The minimum Gasteiger partial charge on any atom is -0.486 e. The van der Waals surface area contributed by atoms with E-state index in [0.717, 1.165) is 0 Å². The quantitative estimate of drug-likeness (QED) is 0.641. The zero-order chi connectivity index (χ0) is 26.1. The average molecular weight is 491 g/mol. The SMILES string of the molecule is CC[C@@H](C)C(=O)N[C@H](C(=O)N1CC[C@@H]2[C@H]1[C@@H](Oc1ccc(C)c(F)c1)CN2C(=O)NC)C(C)(C)C. The Labute approximate surface area is 207 Å². The number of halogens is 1. The van der Waals surface area contributed by atoms with E-state index in [4.69, 9.17) is 4.74 Å². The number of hydrogen-bond donors (Lipinski definition) is 2. The minimum atomic E-state index is -0.728. The van der Waals surface area contributed by atoms with Crippen LogP contribution in [0, 0.1) is 24.1 Å². The summed E-state index contributed by atoms with van der Waals surface area (Å²) in [5.74, 6) is -0.573. The van der Waals surface area contributed by atoms with Crippen molar-refractivity contribution in [2.45, 2.75) is 78.6 Å². The van der Waals surface area contributed by atoms with Crippen LogP contribution in [-0.4, -0.2) is 72.0 Å². The maximum Gasteiger partial charge on any atom is 0.317 e. The van der Waals surface area contributed by atoms with Crippen LogP contribution in [0.2, 0.25) is 0 Å². The van der Waals surface area contributed by atoms with Crippen molar-refractivity contribution in [3.8, 4) is 5.75 Å². The molecule has 2 N–H and O–H groups in total. The average Bonchev–Trinajstić information content (AvgIpc) is 3.38. The molecule has 0 aromatic heterocycles. The molecule has 1 aromatic carbocycles. The van der Waals surface area contributed by atoms with Gasteiger partial charge in [-0.1, -0.05) is 40.7 Å². The molecular weight excluding hydrogens is 451 g/mol. The van der Waals surface area contributed by atoms with E-state index in [0.29, 0.717) is 30.7 Å². The number of benzene rings is 1. The Hall–Kier alpha value is -2.84. The summed E-state index contributed by atoms with van der Waals surface area (Å²) >= 11 is 0. The van der Waals surface area contributed by atoms with Crippen molar-refractivity contribution in [2.24, 2.45) is 11.3 Å². The number of likely N-dealkylation sites (tertiary alicyclic amines) is 2. The number of hydrogen-bond acceptors (Lipinski definition) is 4. The Morgan fingerprint density at radius 1 is 1.23 bits per heavy atom. The number of nitrogens with one attached hydrogen (secondary N) is 2. The van der Waals surface area contributed by atoms with Gasteiger partial charge in [0.2, 0.25) is 11.8 Å². The third-order valence-corrected chi connectivity index (χ3v) is 7.23. The van der Waals surface area contributed by atoms with Gasteiger partial charge in [0.05, 0.1) is 18.6 Å². The second kappa shape index (κ2) is 10.4. The van der Waals surface area contributed by atoms with Crippen LogP contribution in [-0.2, 0) is 9.59 Å². The van der Waals surface area contributed by atoms with Gasteiger partial charge in [0.25, 0.3) is 0 Å². The molecule has 5 atom stereocenters. The lowest BCUT2D eigenvalue weighted by molar-refractivity contribution is -0.142. The van der Waals surface area contributed by atoms with Crippen molar-refractivity contribution >= 4 is 17.8 Å². The molecule has 0 unspecified atom stereocenters. The topological polar surface area (TPSA) is 91.0 Å². The van der Waals surface area contributed by atoms with Crippen LogP contribution in [0.25, 0.3) is 0 Å². The first-order valence-corrected chi connectivity index (χ1v) is 12.4. The molecule has 0 aliphatic carbocycles. The van der Waals surface area contributed by atoms with Gasteiger partial charge in [-0.25, -0.2) is 9.18 Å². The van der Waals surface area contributed by atoms with E-state index in [9.17, 15) is 18.8 Å². The number of urea groups is 1. The van der Waals surface area contributed by atoms with Crippen molar-refractivity contribution in [1.29, 1.82) is 0 Å². The smallest absolute Gasteiger partial charge is 0.317 e. The molecule has 35 heavy (non-hydrogen) atoms. The molecule has 0 bridgehead atoms. The summed E-state index contributed by atoms with van der Waals surface area (Å²) < 4.78 is 20.4. The third-order valence-electron chi connectivity index (χ3n) is 7.23. The summed E-state index contributed by atoms with van der Waals surface area (Å²) in [6.45, 7) is 11.9. The Balaban J connectivity index is 1.91. The van der Waals surface area contributed by atoms with E-state index < -0.39 is 23.6 Å². The van der Waals surface area contributed by atoms with Crippen LogP contribution in [0.4, 0.5) is 9.18 Å². The molecule has 0 saturated carbocycles. The molecule has 0 spiro atoms. The van der Waals surface area contributed by atoms with Gasteiger partial charge in [0.15, 0.2) is 0 Å². The first kappa shape index (κ1) is 26.8. The van der Waals surface area contributed by atoms with Crippen molar-refractivity contribution in [1.82, 2.24) is 20.4 Å². The molecular formula is C26H39FN4O4. The zero-order valence-corrected chi connectivity index (χ0v) is 21.9. The summed E-state index contributed by atoms with van der Waals surface area (Å²) in [7, 11) is 1.57. The Morgan fingerprint density at radius 3 is 2.49 bits per heavy atom. The number of ether oxygens (including phenoxy) is 1. The highest BCUT2D eigenvalue weighted by atomic mass is 19.1. The van der Waals surface area contributed by atoms with Crippen LogP contribution < -0.4 is 15.4 Å². The molecule has 2 aliphatic heterocycles. The van der Waals surface area contributed by atoms with Crippen molar-refractivity contribution in [3.63, 3.8) is 0 Å². The first-order chi connectivity index (χ1) is 16.4. The summed E-state index contributed by atoms with van der Waals surface area (Å²) in [5.41, 5.74) is -0.00949. The maximum absolute atomic E-state index is 14.2. The summed E-state index contributed by atoms with van der Waals surface area (Å²) in [4.78, 5) is 42.7. The van der Waals surface area contributed by atoms with Crippen LogP contribution in [0.3, 0.4) is 0 Å². The molecule has 0 radical (unpaired) electrons. The normalized spacial score (nSPS) is 23.5. The predicted molar refractivity (Wildman–Crippen MR) is 131 cm³/mol. The number of nitrogens with zero attached hydrogens (tertiary/aromatic N) is 2. The largest absolute Gasteiger partial charge is 0.486 e. The lowest BCUT2D eigenvalue weighted by Crippen LogP contribution is -2.58. The van der Waals surface area contributed by atoms with Gasteiger partial charge in [-0.3, -0.25) is 9.59 Å². The fourth-order valence-electron chi connectivity index (χ4n) is 4.87. The van der Waals surface area contributed by atoms with E-state index >= 15 is 0 Å². The summed E-state index contributed by atoms with van der Waals surface area (Å²) in [6, 6.07) is 3.06. The molecule has 4 amide bonds. The first-order valence-electron chi connectivity index (χ1n) is 12.4. The maximum atomic E-state index is 14.2. The van der Waals surface area contributed by atoms with Crippen molar-refractivity contribution in [3.05, 3.63) is 29.6 Å². The number of carbonyl (C=O) groups is 3. The number of fused-ring (bicyclic) bond motifs is 1. The monoisotopic (exact) mass is 490 g/mol. The number of carbonyl (C=O) groups excluding carboxylic acids is 3. The lowest BCUT2D eigenvalue weighted by Gasteiger charge is -2.37.